The quantitative estimate of drug-likeness (QED) is 0.582. The highest BCUT2D eigenvalue weighted by Gasteiger charge is 2.15. The van der Waals surface area contributed by atoms with Crippen LogP contribution in [0.1, 0.15) is 33.9 Å². The van der Waals surface area contributed by atoms with Crippen LogP contribution < -0.4 is 16.0 Å². The van der Waals surface area contributed by atoms with Gasteiger partial charge in [0.25, 0.3) is 0 Å². The van der Waals surface area contributed by atoms with E-state index in [0.29, 0.717) is 13.1 Å². The lowest BCUT2D eigenvalue weighted by molar-refractivity contribution is 0.239. The van der Waals surface area contributed by atoms with Crippen LogP contribution in [0, 0.1) is 0 Å². The fraction of sp³-hybridized carbons (Fsp3) is 0.250. The Bertz CT molecular complexity index is 944. The molecular weight excluding hydrogens is 360 g/mol. The maximum Gasteiger partial charge on any atom is 0.315 e. The van der Waals surface area contributed by atoms with Crippen LogP contribution in [0.15, 0.2) is 72.9 Å². The molecule has 1 aliphatic heterocycles. The molecule has 3 N–H and O–H groups in total. The topological polar surface area (TPSA) is 66.1 Å². The molecule has 1 unspecified atom stereocenters. The Balaban J connectivity index is 1.33. The Morgan fingerprint density at radius 1 is 0.931 bits per heavy atom. The largest absolute Gasteiger partial charge is 0.337 e. The molecule has 29 heavy (non-hydrogen) atoms. The lowest BCUT2D eigenvalue weighted by atomic mass is 9.95. The minimum atomic E-state index is -0.155. The molecular formula is C24H26N4O. The molecule has 0 spiro atoms. The van der Waals surface area contributed by atoms with Gasteiger partial charge in [0.15, 0.2) is 0 Å². The second kappa shape index (κ2) is 9.34. The van der Waals surface area contributed by atoms with E-state index in [-0.39, 0.29) is 11.9 Å². The minimum Gasteiger partial charge on any atom is -0.337 e. The highest BCUT2D eigenvalue weighted by molar-refractivity contribution is 5.73. The van der Waals surface area contributed by atoms with Crippen molar-refractivity contribution in [2.45, 2.75) is 32.0 Å². The van der Waals surface area contributed by atoms with Crippen LogP contribution >= 0.6 is 0 Å². The summed E-state index contributed by atoms with van der Waals surface area (Å²) in [4.78, 5) is 16.9. The van der Waals surface area contributed by atoms with E-state index in [1.807, 2.05) is 36.4 Å². The number of pyridine rings is 1. The maximum atomic E-state index is 12.4. The number of hydrogen-bond acceptors (Lipinski definition) is 3. The lowest BCUT2D eigenvalue weighted by Crippen LogP contribution is -2.38. The zero-order chi connectivity index (χ0) is 19.9. The molecule has 148 valence electrons. The van der Waals surface area contributed by atoms with Gasteiger partial charge in [-0.1, -0.05) is 54.6 Å². The summed E-state index contributed by atoms with van der Waals surface area (Å²) >= 11 is 0. The van der Waals surface area contributed by atoms with E-state index < -0.39 is 0 Å². The Morgan fingerprint density at radius 3 is 2.59 bits per heavy atom. The standard InChI is InChI=1S/C24H26N4O/c29-24(27-14-19-9-10-20-15-25-16-21(20)13-19)28-17-22(23-8-4-5-11-26-23)12-18-6-2-1-3-7-18/h1-11,13,22,25H,12,14-17H2,(H2,27,28,29). The van der Waals surface area contributed by atoms with Crippen molar-refractivity contribution in [3.63, 3.8) is 0 Å². The molecule has 0 radical (unpaired) electrons. The van der Waals surface area contributed by atoms with Gasteiger partial charge in [0.05, 0.1) is 0 Å². The summed E-state index contributed by atoms with van der Waals surface area (Å²) < 4.78 is 0. The van der Waals surface area contributed by atoms with Crippen LogP contribution in [0.3, 0.4) is 0 Å². The number of nitrogens with zero attached hydrogens (tertiary/aromatic N) is 1. The molecule has 0 saturated heterocycles. The number of nitrogens with one attached hydrogen (secondary N) is 3. The summed E-state index contributed by atoms with van der Waals surface area (Å²) in [5, 5.41) is 9.33. The molecule has 4 rings (SSSR count). The second-order valence-electron chi connectivity index (χ2n) is 7.41. The third-order valence-corrected chi connectivity index (χ3v) is 5.29. The number of hydrogen-bond donors (Lipinski definition) is 3. The molecule has 2 aromatic carbocycles. The summed E-state index contributed by atoms with van der Waals surface area (Å²) in [5.74, 6) is 0.121. The Morgan fingerprint density at radius 2 is 1.76 bits per heavy atom. The van der Waals surface area contributed by atoms with E-state index in [2.05, 4.69) is 51.3 Å². The second-order valence-corrected chi connectivity index (χ2v) is 7.41. The predicted octanol–water partition coefficient (Wildman–Crippen LogP) is 3.51. The number of carbonyl (C=O) groups excluding carboxylic acids is 1. The number of carbonyl (C=O) groups is 1. The van der Waals surface area contributed by atoms with Gasteiger partial charge in [-0.25, -0.2) is 4.79 Å². The zero-order valence-corrected chi connectivity index (χ0v) is 16.4. The van der Waals surface area contributed by atoms with Crippen molar-refractivity contribution >= 4 is 6.03 Å². The number of urea groups is 1. The number of benzene rings is 2. The fourth-order valence-electron chi connectivity index (χ4n) is 3.72. The van der Waals surface area contributed by atoms with Crippen LogP contribution in [-0.2, 0) is 26.1 Å². The van der Waals surface area contributed by atoms with E-state index in [4.69, 9.17) is 0 Å². The third kappa shape index (κ3) is 5.21. The molecule has 2 heterocycles. The van der Waals surface area contributed by atoms with Gasteiger partial charge in [-0.3, -0.25) is 4.98 Å². The average molecular weight is 386 g/mol. The van der Waals surface area contributed by atoms with E-state index in [1.165, 1.54) is 16.7 Å². The van der Waals surface area contributed by atoms with E-state index in [0.717, 1.165) is 30.8 Å². The summed E-state index contributed by atoms with van der Waals surface area (Å²) in [5.41, 5.74) is 6.01. The molecule has 0 aliphatic carbocycles. The predicted molar refractivity (Wildman–Crippen MR) is 114 cm³/mol. The molecule has 0 saturated carbocycles. The van der Waals surface area contributed by atoms with Crippen LogP contribution in [-0.4, -0.2) is 17.6 Å². The van der Waals surface area contributed by atoms with Gasteiger partial charge in [-0.2, -0.15) is 0 Å². The first-order chi connectivity index (χ1) is 14.3. The van der Waals surface area contributed by atoms with E-state index in [9.17, 15) is 4.79 Å². The van der Waals surface area contributed by atoms with Gasteiger partial charge in [0.1, 0.15) is 0 Å². The van der Waals surface area contributed by atoms with Crippen molar-refractivity contribution in [2.24, 2.45) is 0 Å². The minimum absolute atomic E-state index is 0.121. The zero-order valence-electron chi connectivity index (χ0n) is 16.4. The SMILES string of the molecule is O=C(NCc1ccc2c(c1)CNC2)NCC(Cc1ccccc1)c1ccccn1. The van der Waals surface area contributed by atoms with Crippen LogP contribution in [0.25, 0.3) is 0 Å². The van der Waals surface area contributed by atoms with Gasteiger partial charge in [0, 0.05) is 44.0 Å². The highest BCUT2D eigenvalue weighted by atomic mass is 16.2. The average Bonchev–Trinajstić information content (AvgIpc) is 3.24. The summed E-state index contributed by atoms with van der Waals surface area (Å²) in [6.07, 6.45) is 2.63. The summed E-state index contributed by atoms with van der Waals surface area (Å²) in [6.45, 7) is 2.89. The Kier molecular flexibility index (Phi) is 6.17. The monoisotopic (exact) mass is 386 g/mol. The lowest BCUT2D eigenvalue weighted by Gasteiger charge is -2.18. The molecule has 0 fully saturated rings. The first-order valence-corrected chi connectivity index (χ1v) is 10.1. The van der Waals surface area contributed by atoms with Gasteiger partial charge >= 0.3 is 6.03 Å². The smallest absolute Gasteiger partial charge is 0.315 e. The molecule has 1 atom stereocenters. The number of rotatable bonds is 7. The maximum absolute atomic E-state index is 12.4. The van der Waals surface area contributed by atoms with Crippen molar-refractivity contribution in [1.29, 1.82) is 0 Å². The Hall–Kier alpha value is -3.18. The molecule has 0 bridgehead atoms. The molecule has 1 aliphatic rings. The van der Waals surface area contributed by atoms with Crippen molar-refractivity contribution in [3.05, 3.63) is 101 Å². The number of fused-ring (bicyclic) bond motifs is 1. The van der Waals surface area contributed by atoms with Gasteiger partial charge in [-0.15, -0.1) is 0 Å². The molecule has 2 amide bonds. The van der Waals surface area contributed by atoms with Gasteiger partial charge in [-0.05, 0) is 40.8 Å². The van der Waals surface area contributed by atoms with Crippen LogP contribution in [0.4, 0.5) is 4.79 Å². The van der Waals surface area contributed by atoms with Gasteiger partial charge < -0.3 is 16.0 Å². The molecule has 1 aromatic heterocycles. The number of aromatic nitrogens is 1. The van der Waals surface area contributed by atoms with Crippen LogP contribution in [0.2, 0.25) is 0 Å². The van der Waals surface area contributed by atoms with Crippen molar-refractivity contribution in [3.8, 4) is 0 Å². The fourth-order valence-corrected chi connectivity index (χ4v) is 3.72. The van der Waals surface area contributed by atoms with Crippen LogP contribution in [0.5, 0.6) is 0 Å². The number of amides is 2. The van der Waals surface area contributed by atoms with Crippen molar-refractivity contribution in [1.82, 2.24) is 20.9 Å². The summed E-state index contributed by atoms with van der Waals surface area (Å²) in [7, 11) is 0. The molecule has 5 nitrogen and oxygen atoms in total. The molecule has 5 heteroatoms. The first-order valence-electron chi connectivity index (χ1n) is 10.1. The normalized spacial score (nSPS) is 13.5. The summed E-state index contributed by atoms with van der Waals surface area (Å²) in [6, 6.07) is 22.5. The first kappa shape index (κ1) is 19.2. The van der Waals surface area contributed by atoms with E-state index in [1.54, 1.807) is 6.20 Å². The third-order valence-electron chi connectivity index (χ3n) is 5.29. The highest BCUT2D eigenvalue weighted by Crippen LogP contribution is 2.19. The molecule has 3 aromatic rings. The van der Waals surface area contributed by atoms with E-state index >= 15 is 0 Å². The Labute approximate surface area is 171 Å². The van der Waals surface area contributed by atoms with Gasteiger partial charge in [0.2, 0.25) is 0 Å². The van der Waals surface area contributed by atoms with Crippen molar-refractivity contribution < 1.29 is 4.79 Å². The van der Waals surface area contributed by atoms with Crippen molar-refractivity contribution in [2.75, 3.05) is 6.54 Å².